The van der Waals surface area contributed by atoms with Crippen LogP contribution in [0.5, 0.6) is 0 Å². The van der Waals surface area contributed by atoms with Gasteiger partial charge in [-0.3, -0.25) is 4.79 Å². The summed E-state index contributed by atoms with van der Waals surface area (Å²) < 4.78 is 0. The van der Waals surface area contributed by atoms with Gasteiger partial charge in [0.15, 0.2) is 5.78 Å². The summed E-state index contributed by atoms with van der Waals surface area (Å²) >= 11 is 0. The maximum absolute atomic E-state index is 10.8. The van der Waals surface area contributed by atoms with Gasteiger partial charge in [-0.15, -0.1) is 12.4 Å². The number of carbonyl (C=O) groups is 1. The molecule has 1 fully saturated rings. The van der Waals surface area contributed by atoms with Gasteiger partial charge in [-0.1, -0.05) is 6.92 Å². The zero-order valence-electron chi connectivity index (χ0n) is 5.52. The fourth-order valence-electron chi connectivity index (χ4n) is 0.713. The molecule has 2 N–H and O–H groups in total. The highest BCUT2D eigenvalue weighted by molar-refractivity contribution is 5.88. The molecule has 3 heteroatoms. The molecule has 54 valence electrons. The molecule has 0 spiro atoms. The van der Waals surface area contributed by atoms with E-state index in [1.165, 1.54) is 0 Å². The molecule has 0 radical (unpaired) electrons. The molecule has 1 rings (SSSR count). The van der Waals surface area contributed by atoms with Gasteiger partial charge in [-0.25, -0.2) is 0 Å². The van der Waals surface area contributed by atoms with Crippen LogP contribution in [0.15, 0.2) is 0 Å². The lowest BCUT2D eigenvalue weighted by Gasteiger charge is -2.00. The van der Waals surface area contributed by atoms with Crippen LogP contribution in [0.4, 0.5) is 0 Å². The third kappa shape index (κ3) is 1.66. The summed E-state index contributed by atoms with van der Waals surface area (Å²) in [6.45, 7) is 2.19. The molecule has 1 saturated carbocycles. The molecule has 0 heterocycles. The molecular formula is C6H12ClNO. The Morgan fingerprint density at radius 2 is 2.11 bits per heavy atom. The highest BCUT2D eigenvalue weighted by Crippen LogP contribution is 2.45. The first-order valence-corrected chi connectivity index (χ1v) is 2.92. The molecule has 0 atom stereocenters. The van der Waals surface area contributed by atoms with Gasteiger partial charge in [0.25, 0.3) is 0 Å². The number of Topliss-reactive ketones (excluding diaryl/α,β-unsaturated/α-hetero) is 1. The highest BCUT2D eigenvalue weighted by Gasteiger charge is 2.43. The quantitative estimate of drug-likeness (QED) is 0.629. The van der Waals surface area contributed by atoms with E-state index in [0.29, 0.717) is 0 Å². The minimum Gasteiger partial charge on any atom is -0.324 e. The van der Waals surface area contributed by atoms with Crippen LogP contribution in [0, 0.1) is 5.41 Å². The van der Waals surface area contributed by atoms with Gasteiger partial charge in [0.2, 0.25) is 0 Å². The summed E-state index contributed by atoms with van der Waals surface area (Å²) in [6, 6.07) is 0. The summed E-state index contributed by atoms with van der Waals surface area (Å²) in [6.07, 6.45) is 2.09. The van der Waals surface area contributed by atoms with Crippen molar-refractivity contribution in [1.29, 1.82) is 0 Å². The third-order valence-electron chi connectivity index (χ3n) is 1.86. The van der Waals surface area contributed by atoms with Crippen LogP contribution in [-0.2, 0) is 4.79 Å². The maximum atomic E-state index is 10.8. The topological polar surface area (TPSA) is 43.1 Å². The first kappa shape index (κ1) is 8.92. The number of halogens is 1. The lowest BCUT2D eigenvalue weighted by atomic mass is 10.1. The largest absolute Gasteiger partial charge is 0.324 e. The minimum absolute atomic E-state index is 0. The monoisotopic (exact) mass is 149 g/mol. The van der Waals surface area contributed by atoms with E-state index >= 15 is 0 Å². The molecule has 0 aliphatic heterocycles. The standard InChI is InChI=1S/C6H11NO.ClH/c1-6(2-3-6)5(8)4-7;/h2-4,7H2,1H3;1H. The van der Waals surface area contributed by atoms with Crippen LogP contribution in [0.1, 0.15) is 19.8 Å². The van der Waals surface area contributed by atoms with Crippen LogP contribution in [0.2, 0.25) is 0 Å². The van der Waals surface area contributed by atoms with E-state index in [-0.39, 0.29) is 30.2 Å². The van der Waals surface area contributed by atoms with E-state index < -0.39 is 0 Å². The second-order valence-electron chi connectivity index (χ2n) is 2.69. The van der Waals surface area contributed by atoms with Crippen molar-refractivity contribution in [3.05, 3.63) is 0 Å². The molecule has 0 amide bonds. The van der Waals surface area contributed by atoms with Crippen molar-refractivity contribution in [2.45, 2.75) is 19.8 Å². The Morgan fingerprint density at radius 1 is 1.67 bits per heavy atom. The van der Waals surface area contributed by atoms with Gasteiger partial charge in [-0.05, 0) is 12.8 Å². The SMILES string of the molecule is CC1(C(=O)CN)CC1.Cl. The molecular weight excluding hydrogens is 138 g/mol. The molecule has 1 aliphatic rings. The third-order valence-corrected chi connectivity index (χ3v) is 1.86. The summed E-state index contributed by atoms with van der Waals surface area (Å²) in [4.78, 5) is 10.8. The number of hydrogen-bond donors (Lipinski definition) is 1. The van der Waals surface area contributed by atoms with Gasteiger partial charge < -0.3 is 5.73 Å². The van der Waals surface area contributed by atoms with E-state index in [0.717, 1.165) is 12.8 Å². The van der Waals surface area contributed by atoms with Crippen molar-refractivity contribution in [2.24, 2.45) is 11.1 Å². The van der Waals surface area contributed by atoms with Crippen molar-refractivity contribution in [2.75, 3.05) is 6.54 Å². The average molecular weight is 150 g/mol. The van der Waals surface area contributed by atoms with E-state index in [1.807, 2.05) is 6.92 Å². The zero-order chi connectivity index (χ0) is 6.20. The Kier molecular flexibility index (Phi) is 2.65. The number of rotatable bonds is 2. The summed E-state index contributed by atoms with van der Waals surface area (Å²) in [5.74, 6) is 0.220. The van der Waals surface area contributed by atoms with Crippen LogP contribution < -0.4 is 5.73 Å². The van der Waals surface area contributed by atoms with Crippen molar-refractivity contribution in [3.8, 4) is 0 Å². The predicted octanol–water partition coefficient (Wildman–Crippen LogP) is 0.736. The van der Waals surface area contributed by atoms with Gasteiger partial charge >= 0.3 is 0 Å². The van der Waals surface area contributed by atoms with E-state index in [2.05, 4.69) is 0 Å². The Balaban J connectivity index is 0.000000640. The fraction of sp³-hybridized carbons (Fsp3) is 0.833. The first-order valence-electron chi connectivity index (χ1n) is 2.92. The average Bonchev–Trinajstić information content (AvgIpc) is 2.47. The molecule has 0 saturated heterocycles. The Bertz CT molecular complexity index is 120. The van der Waals surface area contributed by atoms with E-state index in [9.17, 15) is 4.79 Å². The molecule has 0 unspecified atom stereocenters. The Morgan fingerprint density at radius 3 is 2.22 bits per heavy atom. The number of carbonyl (C=O) groups excluding carboxylic acids is 1. The molecule has 0 aromatic heterocycles. The van der Waals surface area contributed by atoms with Gasteiger partial charge in [0, 0.05) is 5.41 Å². The highest BCUT2D eigenvalue weighted by atomic mass is 35.5. The fourth-order valence-corrected chi connectivity index (χ4v) is 0.713. The molecule has 9 heavy (non-hydrogen) atoms. The predicted molar refractivity (Wildman–Crippen MR) is 38.7 cm³/mol. The second kappa shape index (κ2) is 2.67. The lowest BCUT2D eigenvalue weighted by molar-refractivity contribution is -0.122. The van der Waals surface area contributed by atoms with E-state index in [4.69, 9.17) is 5.73 Å². The minimum atomic E-state index is -0.00521. The van der Waals surface area contributed by atoms with Crippen LogP contribution in [0.3, 0.4) is 0 Å². The second-order valence-corrected chi connectivity index (χ2v) is 2.69. The summed E-state index contributed by atoms with van der Waals surface area (Å²) in [5.41, 5.74) is 5.14. The Hall–Kier alpha value is -0.0800. The molecule has 0 bridgehead atoms. The van der Waals surface area contributed by atoms with Crippen LogP contribution >= 0.6 is 12.4 Å². The van der Waals surface area contributed by atoms with Crippen LogP contribution in [-0.4, -0.2) is 12.3 Å². The zero-order valence-corrected chi connectivity index (χ0v) is 6.33. The maximum Gasteiger partial charge on any atom is 0.152 e. The van der Waals surface area contributed by atoms with Crippen LogP contribution in [0.25, 0.3) is 0 Å². The van der Waals surface area contributed by atoms with Gasteiger partial charge in [0.1, 0.15) is 0 Å². The van der Waals surface area contributed by atoms with Gasteiger partial charge in [0.05, 0.1) is 6.54 Å². The smallest absolute Gasteiger partial charge is 0.152 e. The number of hydrogen-bond acceptors (Lipinski definition) is 2. The molecule has 0 aromatic rings. The lowest BCUT2D eigenvalue weighted by Crippen LogP contribution is -2.21. The molecule has 0 aromatic carbocycles. The molecule has 2 nitrogen and oxygen atoms in total. The van der Waals surface area contributed by atoms with Gasteiger partial charge in [-0.2, -0.15) is 0 Å². The Labute approximate surface area is 61.2 Å². The number of nitrogens with two attached hydrogens (primary N) is 1. The summed E-state index contributed by atoms with van der Waals surface area (Å²) in [7, 11) is 0. The normalized spacial score (nSPS) is 20.2. The first-order chi connectivity index (χ1) is 3.69. The number of ketones is 1. The van der Waals surface area contributed by atoms with Crippen molar-refractivity contribution in [3.63, 3.8) is 0 Å². The molecule has 1 aliphatic carbocycles. The van der Waals surface area contributed by atoms with Crippen molar-refractivity contribution in [1.82, 2.24) is 0 Å². The van der Waals surface area contributed by atoms with Crippen molar-refractivity contribution >= 4 is 18.2 Å². The van der Waals surface area contributed by atoms with E-state index in [1.54, 1.807) is 0 Å². The van der Waals surface area contributed by atoms with Crippen molar-refractivity contribution < 1.29 is 4.79 Å². The summed E-state index contributed by atoms with van der Waals surface area (Å²) in [5, 5.41) is 0.